The van der Waals surface area contributed by atoms with Gasteiger partial charge in [-0.1, -0.05) is 0 Å². The molecule has 0 unspecified atom stereocenters. The third-order valence-corrected chi connectivity index (χ3v) is 8.06. The molecule has 0 spiro atoms. The summed E-state index contributed by atoms with van der Waals surface area (Å²) in [6.45, 7) is 2.37. The molecule has 38 valence electrons. The fourth-order valence-corrected chi connectivity index (χ4v) is 6.42. The second-order valence-electron chi connectivity index (χ2n) is 2.30. The van der Waals surface area contributed by atoms with Gasteiger partial charge in [0.15, 0.2) is 0 Å². The Balaban J connectivity index is 2.40. The molecule has 1 aliphatic heterocycles. The zero-order valence-electron chi connectivity index (χ0n) is 4.91. The molecule has 0 radical (unpaired) electrons. The summed E-state index contributed by atoms with van der Waals surface area (Å²) in [5.74, 6) is 0. The molecular formula is C6H11Tl. The first-order valence-electron chi connectivity index (χ1n) is 3.05. The Kier molecular flexibility index (Phi) is 2.49. The molecule has 0 aromatic heterocycles. The van der Waals surface area contributed by atoms with Gasteiger partial charge in [-0.25, -0.2) is 0 Å². The van der Waals surface area contributed by atoms with Crippen molar-refractivity contribution in [3.63, 3.8) is 0 Å². The van der Waals surface area contributed by atoms with Crippen LogP contribution in [-0.4, -0.2) is 26.8 Å². The van der Waals surface area contributed by atoms with Gasteiger partial charge < -0.3 is 0 Å². The average molecular weight is 288 g/mol. The molecule has 0 atom stereocenters. The van der Waals surface area contributed by atoms with Gasteiger partial charge in [0.05, 0.1) is 0 Å². The van der Waals surface area contributed by atoms with Crippen LogP contribution in [0.4, 0.5) is 0 Å². The Morgan fingerprint density at radius 1 is 1.43 bits per heavy atom. The van der Waals surface area contributed by atoms with Gasteiger partial charge in [0.25, 0.3) is 0 Å². The molecular weight excluding hydrogens is 276 g/mol. The predicted molar refractivity (Wildman–Crippen MR) is 35.1 cm³/mol. The van der Waals surface area contributed by atoms with Gasteiger partial charge in [-0.15, -0.1) is 0 Å². The van der Waals surface area contributed by atoms with E-state index in [1.54, 1.807) is 10.4 Å². The van der Waals surface area contributed by atoms with E-state index in [0.29, 0.717) is 0 Å². The van der Waals surface area contributed by atoms with Crippen LogP contribution < -0.4 is 0 Å². The summed E-state index contributed by atoms with van der Waals surface area (Å²) in [6.07, 6.45) is 4.56. The number of hydrogen-bond donors (Lipinski definition) is 0. The zero-order chi connectivity index (χ0) is 5.11. The Hall–Kier alpha value is 0.792. The summed E-state index contributed by atoms with van der Waals surface area (Å²) < 4.78 is 3.58. The molecule has 0 amide bonds. The Bertz CT molecular complexity index is 84.2. The molecule has 1 heterocycles. The van der Waals surface area contributed by atoms with E-state index < -0.39 is 0 Å². The van der Waals surface area contributed by atoms with E-state index in [2.05, 4.69) is 6.92 Å². The fraction of sp³-hybridized carbons (Fsp3) is 0.833. The maximum atomic E-state index is 2.37. The van der Waals surface area contributed by atoms with Crippen molar-refractivity contribution >= 4 is 26.8 Å². The van der Waals surface area contributed by atoms with Crippen molar-refractivity contribution in [1.82, 2.24) is 0 Å². The van der Waals surface area contributed by atoms with Crippen LogP contribution in [0.25, 0.3) is 0 Å². The second kappa shape index (κ2) is 2.95. The van der Waals surface area contributed by atoms with Crippen molar-refractivity contribution in [2.45, 2.75) is 30.2 Å². The van der Waals surface area contributed by atoms with Gasteiger partial charge >= 0.3 is 57.0 Å². The standard InChI is InChI=1S/C6H11.Tl/c1-3-5-6-4-2;/h1,3,5-6H2,2H3;. The van der Waals surface area contributed by atoms with Gasteiger partial charge in [-0.05, 0) is 0 Å². The molecule has 0 nitrogen and oxygen atoms in total. The molecule has 0 N–H and O–H groups in total. The van der Waals surface area contributed by atoms with Crippen LogP contribution in [0.15, 0.2) is 0 Å². The Labute approximate surface area is 57.0 Å². The van der Waals surface area contributed by atoms with E-state index in [4.69, 9.17) is 0 Å². The third kappa shape index (κ3) is 2.02. The Morgan fingerprint density at radius 2 is 2.29 bits per heavy atom. The van der Waals surface area contributed by atoms with E-state index in [0.717, 1.165) is 0 Å². The molecule has 0 aromatic rings. The summed E-state index contributed by atoms with van der Waals surface area (Å²) in [7, 11) is 0. The van der Waals surface area contributed by atoms with Crippen LogP contribution >= 0.6 is 0 Å². The number of hydrogen-bond acceptors (Lipinski definition) is 0. The van der Waals surface area contributed by atoms with Crippen LogP contribution in [-0.2, 0) is 0 Å². The quantitative estimate of drug-likeness (QED) is 0.592. The first-order valence-corrected chi connectivity index (χ1v) is 8.47. The second-order valence-corrected chi connectivity index (χ2v) is 9.96. The van der Waals surface area contributed by atoms with Crippen LogP contribution in [0.3, 0.4) is 0 Å². The minimum absolute atomic E-state index is 0.177. The fourth-order valence-electron chi connectivity index (χ4n) is 0.999. The van der Waals surface area contributed by atoms with Crippen molar-refractivity contribution < 1.29 is 0 Å². The minimum atomic E-state index is -0.177. The third-order valence-electron chi connectivity index (χ3n) is 1.52. The van der Waals surface area contributed by atoms with Crippen LogP contribution in [0.5, 0.6) is 0 Å². The van der Waals surface area contributed by atoms with E-state index >= 15 is 0 Å². The Morgan fingerprint density at radius 3 is 2.57 bits per heavy atom. The van der Waals surface area contributed by atoms with E-state index in [9.17, 15) is 0 Å². The van der Waals surface area contributed by atoms with Gasteiger partial charge in [0.2, 0.25) is 0 Å². The number of rotatable bonds is 0. The summed E-state index contributed by atoms with van der Waals surface area (Å²) in [5.41, 5.74) is 0. The summed E-state index contributed by atoms with van der Waals surface area (Å²) >= 11 is -0.177. The van der Waals surface area contributed by atoms with Crippen molar-refractivity contribution in [2.24, 2.45) is 0 Å². The molecule has 0 bridgehead atoms. The van der Waals surface area contributed by atoms with Gasteiger partial charge in [-0.3, -0.25) is 0 Å². The first-order chi connectivity index (χ1) is 3.39. The molecule has 7 heavy (non-hydrogen) atoms. The molecule has 0 aromatic carbocycles. The van der Waals surface area contributed by atoms with E-state index in [1.807, 2.05) is 3.06 Å². The molecule has 0 saturated heterocycles. The average Bonchev–Trinajstić information content (AvgIpc) is 1.69. The van der Waals surface area contributed by atoms with Gasteiger partial charge in [-0.2, -0.15) is 0 Å². The molecule has 0 fully saturated rings. The molecule has 0 aliphatic carbocycles. The van der Waals surface area contributed by atoms with Crippen molar-refractivity contribution in [2.75, 3.05) is 0 Å². The van der Waals surface area contributed by atoms with Crippen LogP contribution in [0.2, 0.25) is 3.98 Å². The first kappa shape index (κ1) is 5.92. The summed E-state index contributed by atoms with van der Waals surface area (Å²) in [4.78, 5) is 0. The molecule has 1 rings (SSSR count). The topological polar surface area (TPSA) is 0 Å². The van der Waals surface area contributed by atoms with E-state index in [1.165, 1.54) is 12.8 Å². The predicted octanol–water partition coefficient (Wildman–Crippen LogP) is 1.49. The summed E-state index contributed by atoms with van der Waals surface area (Å²) in [5, 5.41) is 0. The van der Waals surface area contributed by atoms with Crippen molar-refractivity contribution in [3.8, 4) is 0 Å². The van der Waals surface area contributed by atoms with Gasteiger partial charge in [0.1, 0.15) is 0 Å². The summed E-state index contributed by atoms with van der Waals surface area (Å²) in [6, 6.07) is 0. The molecule has 1 aliphatic rings. The van der Waals surface area contributed by atoms with Crippen molar-refractivity contribution in [1.29, 1.82) is 0 Å². The van der Waals surface area contributed by atoms with Crippen LogP contribution in [0, 0.1) is 0 Å². The zero-order valence-corrected chi connectivity index (χ0v) is 9.39. The van der Waals surface area contributed by atoms with E-state index in [-0.39, 0.29) is 23.7 Å². The van der Waals surface area contributed by atoms with Crippen molar-refractivity contribution in [3.05, 3.63) is 0 Å². The van der Waals surface area contributed by atoms with Crippen LogP contribution in [0.1, 0.15) is 26.2 Å². The molecule has 1 heteroatoms. The molecule has 0 saturated carbocycles. The monoisotopic (exact) mass is 288 g/mol. The SMILES string of the molecule is C[C]1=[Tl][CH2]CCC1. The van der Waals surface area contributed by atoms with Gasteiger partial charge in [0, 0.05) is 0 Å². The maximum absolute atomic E-state index is 2.37. The normalized spacial score (nSPS) is 20.4.